The molecule has 0 spiro atoms. The van der Waals surface area contributed by atoms with E-state index in [-0.39, 0.29) is 17.7 Å². The number of furan rings is 1. The van der Waals surface area contributed by atoms with Crippen LogP contribution in [-0.2, 0) is 0 Å². The van der Waals surface area contributed by atoms with Gasteiger partial charge in [-0.2, -0.15) is 11.3 Å². The van der Waals surface area contributed by atoms with Crippen molar-refractivity contribution in [2.24, 2.45) is 0 Å². The molecule has 0 fully saturated rings. The van der Waals surface area contributed by atoms with Gasteiger partial charge in [-0.15, -0.1) is 11.3 Å². The monoisotopic (exact) mass is 438 g/mol. The number of aryl methyl sites for hydroxylation is 3. The van der Waals surface area contributed by atoms with Gasteiger partial charge < -0.3 is 15.1 Å². The Morgan fingerprint density at radius 3 is 2.53 bits per heavy atom. The van der Waals surface area contributed by atoms with Gasteiger partial charge in [-0.05, 0) is 73.8 Å². The molecule has 1 amide bonds. The summed E-state index contributed by atoms with van der Waals surface area (Å²) in [5, 5.41) is 11.5. The zero-order valence-electron chi connectivity index (χ0n) is 17.1. The quantitative estimate of drug-likeness (QED) is 0.393. The number of hydrogen-bond acceptors (Lipinski definition) is 7. The molecule has 2 N–H and O–H groups in total. The first-order valence-corrected chi connectivity index (χ1v) is 11.2. The van der Waals surface area contributed by atoms with Crippen molar-refractivity contribution in [3.63, 3.8) is 0 Å². The standard InChI is InChI=1S/C22H22N4O2S2/c1-12-10-13(2)24-22(23-12)25-19(16-7-9-29-11-16)18-14(3)15(4)30-21(18)26-20(27)17-6-5-8-28-17/h5-11,19H,1-4H3,(H,26,27)(H,23,24,25)/t19-/m0/s1. The topological polar surface area (TPSA) is 80.0 Å². The second-order valence-electron chi connectivity index (χ2n) is 7.07. The van der Waals surface area contributed by atoms with E-state index in [1.165, 1.54) is 6.26 Å². The Balaban J connectivity index is 1.76. The largest absolute Gasteiger partial charge is 0.459 e. The van der Waals surface area contributed by atoms with Crippen LogP contribution in [-0.4, -0.2) is 15.9 Å². The Morgan fingerprint density at radius 1 is 1.13 bits per heavy atom. The van der Waals surface area contributed by atoms with Crippen molar-refractivity contribution >= 4 is 39.5 Å². The first kappa shape index (κ1) is 20.3. The predicted molar refractivity (Wildman–Crippen MR) is 122 cm³/mol. The van der Waals surface area contributed by atoms with Crippen LogP contribution in [0.3, 0.4) is 0 Å². The van der Waals surface area contributed by atoms with Crippen LogP contribution in [0.25, 0.3) is 0 Å². The molecule has 0 bridgehead atoms. The number of rotatable bonds is 6. The zero-order chi connectivity index (χ0) is 21.3. The molecule has 0 aliphatic carbocycles. The van der Waals surface area contributed by atoms with Crippen LogP contribution in [0.4, 0.5) is 10.9 Å². The first-order valence-electron chi connectivity index (χ1n) is 9.48. The van der Waals surface area contributed by atoms with E-state index in [9.17, 15) is 4.79 Å². The molecule has 6 nitrogen and oxygen atoms in total. The fourth-order valence-electron chi connectivity index (χ4n) is 3.34. The smallest absolute Gasteiger partial charge is 0.291 e. The zero-order valence-corrected chi connectivity index (χ0v) is 18.8. The molecule has 0 unspecified atom stereocenters. The Labute approximate surface area is 183 Å². The summed E-state index contributed by atoms with van der Waals surface area (Å²) in [4.78, 5) is 22.9. The predicted octanol–water partition coefficient (Wildman–Crippen LogP) is 5.88. The summed E-state index contributed by atoms with van der Waals surface area (Å²) in [6, 6.07) is 7.18. The number of nitrogens with zero attached hydrogens (tertiary/aromatic N) is 2. The van der Waals surface area contributed by atoms with E-state index in [0.717, 1.165) is 38.0 Å². The molecule has 0 radical (unpaired) electrons. The summed E-state index contributed by atoms with van der Waals surface area (Å²) in [7, 11) is 0. The van der Waals surface area contributed by atoms with E-state index < -0.39 is 0 Å². The van der Waals surface area contributed by atoms with Crippen LogP contribution in [0.5, 0.6) is 0 Å². The molecule has 4 rings (SSSR count). The molecule has 4 heterocycles. The highest BCUT2D eigenvalue weighted by atomic mass is 32.1. The third-order valence-electron chi connectivity index (χ3n) is 4.82. The normalized spacial score (nSPS) is 12.0. The number of carbonyl (C=O) groups is 1. The van der Waals surface area contributed by atoms with Gasteiger partial charge in [0.1, 0.15) is 5.00 Å². The van der Waals surface area contributed by atoms with Crippen molar-refractivity contribution in [3.05, 3.63) is 80.0 Å². The summed E-state index contributed by atoms with van der Waals surface area (Å²) in [6.07, 6.45) is 1.49. The maximum absolute atomic E-state index is 12.7. The molecule has 154 valence electrons. The van der Waals surface area contributed by atoms with Gasteiger partial charge in [-0.25, -0.2) is 9.97 Å². The lowest BCUT2D eigenvalue weighted by Gasteiger charge is -2.21. The van der Waals surface area contributed by atoms with Gasteiger partial charge in [0.2, 0.25) is 5.95 Å². The van der Waals surface area contributed by atoms with E-state index in [1.807, 2.05) is 25.3 Å². The SMILES string of the molecule is Cc1cc(C)nc(N[C@@H](c2ccsc2)c2c(NC(=O)c3ccco3)sc(C)c2C)n1. The van der Waals surface area contributed by atoms with Crippen LogP contribution in [0, 0.1) is 27.7 Å². The van der Waals surface area contributed by atoms with Gasteiger partial charge >= 0.3 is 0 Å². The number of amides is 1. The third-order valence-corrected chi connectivity index (χ3v) is 6.66. The molecule has 1 atom stereocenters. The van der Waals surface area contributed by atoms with Crippen molar-refractivity contribution in [1.82, 2.24) is 9.97 Å². The van der Waals surface area contributed by atoms with Gasteiger partial charge in [-0.3, -0.25) is 4.79 Å². The number of anilines is 2. The van der Waals surface area contributed by atoms with E-state index in [4.69, 9.17) is 4.42 Å². The van der Waals surface area contributed by atoms with Crippen molar-refractivity contribution in [2.45, 2.75) is 33.7 Å². The van der Waals surface area contributed by atoms with Crippen molar-refractivity contribution in [2.75, 3.05) is 10.6 Å². The molecule has 0 aliphatic rings. The fraction of sp³-hybridized carbons (Fsp3) is 0.227. The Morgan fingerprint density at radius 2 is 1.90 bits per heavy atom. The molecule has 0 aromatic carbocycles. The second-order valence-corrected chi connectivity index (χ2v) is 9.07. The van der Waals surface area contributed by atoms with Gasteiger partial charge in [0.15, 0.2) is 5.76 Å². The lowest BCUT2D eigenvalue weighted by Crippen LogP contribution is -2.18. The number of aromatic nitrogens is 2. The Bertz CT molecular complexity index is 1140. The highest BCUT2D eigenvalue weighted by molar-refractivity contribution is 7.16. The van der Waals surface area contributed by atoms with Crippen molar-refractivity contribution in [1.29, 1.82) is 0 Å². The van der Waals surface area contributed by atoms with E-state index >= 15 is 0 Å². The van der Waals surface area contributed by atoms with Gasteiger partial charge in [0.05, 0.1) is 12.3 Å². The molecule has 0 aliphatic heterocycles. The minimum atomic E-state index is -0.269. The minimum Gasteiger partial charge on any atom is -0.459 e. The molecular formula is C22H22N4O2S2. The van der Waals surface area contributed by atoms with Crippen molar-refractivity contribution in [3.8, 4) is 0 Å². The summed E-state index contributed by atoms with van der Waals surface area (Å²) < 4.78 is 5.26. The van der Waals surface area contributed by atoms with Crippen LogP contribution < -0.4 is 10.6 Å². The van der Waals surface area contributed by atoms with E-state index in [2.05, 4.69) is 45.9 Å². The van der Waals surface area contributed by atoms with E-state index in [1.54, 1.807) is 34.8 Å². The number of hydrogen-bond donors (Lipinski definition) is 2. The first-order chi connectivity index (χ1) is 14.4. The van der Waals surface area contributed by atoms with Crippen LogP contribution in [0.1, 0.15) is 49.6 Å². The average molecular weight is 439 g/mol. The maximum atomic E-state index is 12.7. The van der Waals surface area contributed by atoms with Gasteiger partial charge in [0, 0.05) is 21.8 Å². The molecule has 8 heteroatoms. The van der Waals surface area contributed by atoms with Crippen molar-refractivity contribution < 1.29 is 9.21 Å². The van der Waals surface area contributed by atoms with Crippen LogP contribution in [0.15, 0.2) is 45.7 Å². The summed E-state index contributed by atoms with van der Waals surface area (Å²) in [6.45, 7) is 8.04. The summed E-state index contributed by atoms with van der Waals surface area (Å²) >= 11 is 3.19. The molecule has 0 saturated carbocycles. The molecule has 0 saturated heterocycles. The van der Waals surface area contributed by atoms with Crippen LogP contribution >= 0.6 is 22.7 Å². The molecular weight excluding hydrogens is 416 g/mol. The third kappa shape index (κ3) is 4.15. The lowest BCUT2D eigenvalue weighted by molar-refractivity contribution is 0.0997. The Kier molecular flexibility index (Phi) is 5.69. The summed E-state index contributed by atoms with van der Waals surface area (Å²) in [5.74, 6) is 0.576. The minimum absolute atomic E-state index is 0.200. The number of thiophene rings is 2. The van der Waals surface area contributed by atoms with Gasteiger partial charge in [0.25, 0.3) is 5.91 Å². The number of nitrogens with one attached hydrogen (secondary N) is 2. The highest BCUT2D eigenvalue weighted by Crippen LogP contribution is 2.41. The van der Waals surface area contributed by atoms with Gasteiger partial charge in [-0.1, -0.05) is 0 Å². The van der Waals surface area contributed by atoms with E-state index in [0.29, 0.717) is 5.95 Å². The summed E-state index contributed by atoms with van der Waals surface area (Å²) in [5.41, 5.74) is 5.04. The highest BCUT2D eigenvalue weighted by Gasteiger charge is 2.26. The molecule has 4 aromatic rings. The number of carbonyl (C=O) groups excluding carboxylic acids is 1. The fourth-order valence-corrected chi connectivity index (χ4v) is 5.12. The molecule has 4 aromatic heterocycles. The maximum Gasteiger partial charge on any atom is 0.291 e. The Hall–Kier alpha value is -2.97. The van der Waals surface area contributed by atoms with Crippen LogP contribution in [0.2, 0.25) is 0 Å². The molecule has 30 heavy (non-hydrogen) atoms. The lowest BCUT2D eigenvalue weighted by atomic mass is 9.98. The average Bonchev–Trinajstić information content (AvgIpc) is 3.43. The second kappa shape index (κ2) is 8.41.